The predicted octanol–water partition coefficient (Wildman–Crippen LogP) is 1.37. The van der Waals surface area contributed by atoms with Crippen molar-refractivity contribution in [1.82, 2.24) is 15.0 Å². The molecule has 0 fully saturated rings. The topological polar surface area (TPSA) is 56.7 Å². The van der Waals surface area contributed by atoms with Crippen molar-refractivity contribution in [2.75, 3.05) is 5.73 Å². The van der Waals surface area contributed by atoms with Gasteiger partial charge < -0.3 is 5.73 Å². The highest BCUT2D eigenvalue weighted by Crippen LogP contribution is 2.21. The molecular formula is C10H12N4. The standard InChI is InChI=1S/C10H12N4/c1-7-10(13-14(2)12-7)8-4-3-5-9(11)6-8/h3-6H,11H2,1-2H3. The zero-order valence-corrected chi connectivity index (χ0v) is 8.23. The summed E-state index contributed by atoms with van der Waals surface area (Å²) >= 11 is 0. The summed E-state index contributed by atoms with van der Waals surface area (Å²) in [7, 11) is 1.81. The van der Waals surface area contributed by atoms with Crippen molar-refractivity contribution in [2.45, 2.75) is 6.92 Å². The van der Waals surface area contributed by atoms with E-state index in [0.29, 0.717) is 0 Å². The third-order valence-corrected chi connectivity index (χ3v) is 2.04. The molecule has 2 aromatic rings. The summed E-state index contributed by atoms with van der Waals surface area (Å²) in [5.41, 5.74) is 9.25. The first-order valence-corrected chi connectivity index (χ1v) is 4.40. The number of nitrogens with zero attached hydrogens (tertiary/aromatic N) is 3. The number of nitrogens with two attached hydrogens (primary N) is 1. The van der Waals surface area contributed by atoms with Gasteiger partial charge in [-0.05, 0) is 19.1 Å². The van der Waals surface area contributed by atoms with E-state index in [0.717, 1.165) is 22.6 Å². The van der Waals surface area contributed by atoms with Crippen LogP contribution in [0, 0.1) is 6.92 Å². The van der Waals surface area contributed by atoms with Gasteiger partial charge in [0.05, 0.1) is 5.69 Å². The van der Waals surface area contributed by atoms with Crippen molar-refractivity contribution in [1.29, 1.82) is 0 Å². The second-order valence-electron chi connectivity index (χ2n) is 3.25. The molecule has 0 radical (unpaired) electrons. The minimum Gasteiger partial charge on any atom is -0.399 e. The van der Waals surface area contributed by atoms with Crippen LogP contribution in [-0.4, -0.2) is 15.0 Å². The normalized spacial score (nSPS) is 10.4. The summed E-state index contributed by atoms with van der Waals surface area (Å²) in [5, 5.41) is 8.45. The Morgan fingerprint density at radius 3 is 2.64 bits per heavy atom. The molecule has 2 rings (SSSR count). The van der Waals surface area contributed by atoms with E-state index in [1.54, 1.807) is 4.80 Å². The van der Waals surface area contributed by atoms with Crippen molar-refractivity contribution in [3.05, 3.63) is 30.0 Å². The lowest BCUT2D eigenvalue weighted by molar-refractivity contribution is 0.651. The molecule has 0 aliphatic heterocycles. The highest BCUT2D eigenvalue weighted by molar-refractivity contribution is 5.65. The summed E-state index contributed by atoms with van der Waals surface area (Å²) in [6.45, 7) is 1.94. The van der Waals surface area contributed by atoms with E-state index in [9.17, 15) is 0 Å². The molecule has 72 valence electrons. The maximum absolute atomic E-state index is 5.70. The molecule has 14 heavy (non-hydrogen) atoms. The van der Waals surface area contributed by atoms with Crippen LogP contribution in [0.25, 0.3) is 11.3 Å². The fraction of sp³-hybridized carbons (Fsp3) is 0.200. The Bertz CT molecular complexity index is 459. The highest BCUT2D eigenvalue weighted by Gasteiger charge is 2.07. The molecule has 4 heteroatoms. The Balaban J connectivity index is 2.54. The van der Waals surface area contributed by atoms with Crippen LogP contribution in [0.5, 0.6) is 0 Å². The summed E-state index contributed by atoms with van der Waals surface area (Å²) in [5.74, 6) is 0. The van der Waals surface area contributed by atoms with Gasteiger partial charge in [0, 0.05) is 18.3 Å². The van der Waals surface area contributed by atoms with E-state index < -0.39 is 0 Å². The molecular weight excluding hydrogens is 176 g/mol. The lowest BCUT2D eigenvalue weighted by atomic mass is 10.1. The summed E-state index contributed by atoms with van der Waals surface area (Å²) < 4.78 is 0. The van der Waals surface area contributed by atoms with Crippen molar-refractivity contribution in [2.24, 2.45) is 7.05 Å². The van der Waals surface area contributed by atoms with E-state index >= 15 is 0 Å². The van der Waals surface area contributed by atoms with Crippen molar-refractivity contribution < 1.29 is 0 Å². The van der Waals surface area contributed by atoms with Gasteiger partial charge >= 0.3 is 0 Å². The van der Waals surface area contributed by atoms with Crippen molar-refractivity contribution in [3.63, 3.8) is 0 Å². The second-order valence-corrected chi connectivity index (χ2v) is 3.25. The van der Waals surface area contributed by atoms with Crippen LogP contribution in [0.1, 0.15) is 5.69 Å². The van der Waals surface area contributed by atoms with Gasteiger partial charge in [0.2, 0.25) is 0 Å². The molecule has 0 aliphatic carbocycles. The first-order chi connectivity index (χ1) is 6.66. The number of benzene rings is 1. The monoisotopic (exact) mass is 188 g/mol. The number of hydrogen-bond acceptors (Lipinski definition) is 3. The second kappa shape index (κ2) is 3.14. The smallest absolute Gasteiger partial charge is 0.116 e. The van der Waals surface area contributed by atoms with Gasteiger partial charge in [-0.1, -0.05) is 12.1 Å². The quantitative estimate of drug-likeness (QED) is 0.688. The maximum Gasteiger partial charge on any atom is 0.116 e. The van der Waals surface area contributed by atoms with E-state index in [2.05, 4.69) is 10.2 Å². The number of aryl methyl sites for hydroxylation is 2. The SMILES string of the molecule is Cc1nn(C)nc1-c1cccc(N)c1. The average Bonchev–Trinajstić information content (AvgIpc) is 2.45. The molecule has 4 nitrogen and oxygen atoms in total. The largest absolute Gasteiger partial charge is 0.399 e. The summed E-state index contributed by atoms with van der Waals surface area (Å²) in [6.07, 6.45) is 0. The van der Waals surface area contributed by atoms with Gasteiger partial charge in [0.15, 0.2) is 0 Å². The van der Waals surface area contributed by atoms with Gasteiger partial charge in [0.25, 0.3) is 0 Å². The van der Waals surface area contributed by atoms with Crippen LogP contribution < -0.4 is 5.73 Å². The molecule has 0 unspecified atom stereocenters. The van der Waals surface area contributed by atoms with Crippen LogP contribution >= 0.6 is 0 Å². The van der Waals surface area contributed by atoms with Crippen molar-refractivity contribution >= 4 is 5.69 Å². The first-order valence-electron chi connectivity index (χ1n) is 4.40. The average molecular weight is 188 g/mol. The van der Waals surface area contributed by atoms with E-state index in [4.69, 9.17) is 5.73 Å². The number of nitrogen functional groups attached to an aromatic ring is 1. The number of rotatable bonds is 1. The number of anilines is 1. The Hall–Kier alpha value is -1.84. The Kier molecular flexibility index (Phi) is 1.96. The fourth-order valence-electron chi connectivity index (χ4n) is 1.46. The highest BCUT2D eigenvalue weighted by atomic mass is 15.5. The Labute approximate surface area is 82.4 Å². The third-order valence-electron chi connectivity index (χ3n) is 2.04. The van der Waals surface area contributed by atoms with Gasteiger partial charge in [-0.25, -0.2) is 0 Å². The number of aromatic nitrogens is 3. The first kappa shape index (κ1) is 8.74. The van der Waals surface area contributed by atoms with E-state index in [1.807, 2.05) is 38.2 Å². The van der Waals surface area contributed by atoms with Crippen LogP contribution in [0.2, 0.25) is 0 Å². The van der Waals surface area contributed by atoms with Gasteiger partial charge in [-0.3, -0.25) is 0 Å². The minimum absolute atomic E-state index is 0.743. The molecule has 0 saturated carbocycles. The minimum atomic E-state index is 0.743. The van der Waals surface area contributed by atoms with Crippen molar-refractivity contribution in [3.8, 4) is 11.3 Å². The molecule has 2 N–H and O–H groups in total. The number of hydrogen-bond donors (Lipinski definition) is 1. The molecule has 1 heterocycles. The molecule has 0 saturated heterocycles. The molecule has 0 amide bonds. The van der Waals surface area contributed by atoms with Crippen LogP contribution in [0.3, 0.4) is 0 Å². The zero-order valence-electron chi connectivity index (χ0n) is 8.23. The van der Waals surface area contributed by atoms with Crippen LogP contribution in [-0.2, 0) is 7.05 Å². The maximum atomic E-state index is 5.70. The molecule has 0 spiro atoms. The summed E-state index contributed by atoms with van der Waals surface area (Å²) in [4.78, 5) is 1.56. The predicted molar refractivity (Wildman–Crippen MR) is 55.6 cm³/mol. The van der Waals surface area contributed by atoms with Gasteiger partial charge in [0.1, 0.15) is 5.69 Å². The summed E-state index contributed by atoms with van der Waals surface area (Å²) in [6, 6.07) is 7.65. The Morgan fingerprint density at radius 1 is 1.29 bits per heavy atom. The molecule has 0 atom stereocenters. The lowest BCUT2D eigenvalue weighted by Crippen LogP contribution is -1.92. The lowest BCUT2D eigenvalue weighted by Gasteiger charge is -1.98. The molecule has 0 aliphatic rings. The molecule has 0 bridgehead atoms. The van der Waals surface area contributed by atoms with Crippen LogP contribution in [0.4, 0.5) is 5.69 Å². The van der Waals surface area contributed by atoms with E-state index in [1.165, 1.54) is 0 Å². The Morgan fingerprint density at radius 2 is 2.07 bits per heavy atom. The molecule has 1 aromatic heterocycles. The fourth-order valence-corrected chi connectivity index (χ4v) is 1.46. The van der Waals surface area contributed by atoms with Gasteiger partial charge in [-0.15, -0.1) is 0 Å². The van der Waals surface area contributed by atoms with E-state index in [-0.39, 0.29) is 0 Å². The third kappa shape index (κ3) is 1.46. The van der Waals surface area contributed by atoms with Gasteiger partial charge in [-0.2, -0.15) is 15.0 Å². The molecule has 1 aromatic carbocycles. The van der Waals surface area contributed by atoms with Crippen LogP contribution in [0.15, 0.2) is 24.3 Å². The zero-order chi connectivity index (χ0) is 10.1.